The molecule has 0 fully saturated rings. The van der Waals surface area contributed by atoms with E-state index in [4.69, 9.17) is 21.4 Å². The van der Waals surface area contributed by atoms with Gasteiger partial charge in [0.1, 0.15) is 23.9 Å². The van der Waals surface area contributed by atoms with Crippen molar-refractivity contribution in [1.29, 1.82) is 0 Å². The zero-order valence-electron chi connectivity index (χ0n) is 16.2. The molecule has 1 aromatic heterocycles. The number of benzene rings is 2. The number of methoxy groups -OCH3 is 1. The van der Waals surface area contributed by atoms with Crippen molar-refractivity contribution >= 4 is 28.9 Å². The van der Waals surface area contributed by atoms with Gasteiger partial charge in [-0.2, -0.15) is 0 Å². The van der Waals surface area contributed by atoms with Crippen molar-refractivity contribution in [3.8, 4) is 17.1 Å². The van der Waals surface area contributed by atoms with Gasteiger partial charge >= 0.3 is 0 Å². The van der Waals surface area contributed by atoms with Crippen LogP contribution in [-0.4, -0.2) is 23.2 Å². The number of rotatable bonds is 6. The Labute approximate surface area is 174 Å². The highest BCUT2D eigenvalue weighted by atomic mass is 32.1. The van der Waals surface area contributed by atoms with Crippen molar-refractivity contribution in [3.05, 3.63) is 71.5 Å². The lowest BCUT2D eigenvalue weighted by Crippen LogP contribution is -2.34. The quantitative estimate of drug-likeness (QED) is 0.530. The third-order valence-corrected chi connectivity index (χ3v) is 4.61. The molecular weight excluding hydrogens is 388 g/mol. The number of hydrogen-bond acceptors (Lipinski definition) is 5. The molecular formula is C22H22N2O4S. The summed E-state index contributed by atoms with van der Waals surface area (Å²) in [4.78, 5) is 12.4. The summed E-state index contributed by atoms with van der Waals surface area (Å²) in [7, 11) is 1.55. The summed E-state index contributed by atoms with van der Waals surface area (Å²) >= 11 is 5.30. The van der Waals surface area contributed by atoms with Gasteiger partial charge in [0.15, 0.2) is 5.11 Å². The number of ether oxygens (including phenoxy) is 1. The Morgan fingerprint density at radius 1 is 1.14 bits per heavy atom. The molecule has 0 saturated carbocycles. The molecule has 0 saturated heterocycles. The first-order valence-corrected chi connectivity index (χ1v) is 9.54. The van der Waals surface area contributed by atoms with Crippen molar-refractivity contribution in [3.63, 3.8) is 0 Å². The standard InChI is InChI=1S/C22H22N2O4S/c1-3-14-4-6-15(7-5-14)21(26)24-22(29)23-18-12-16(8-10-20(18)27-2)19-11-9-17(13-25)28-19/h4-12,25H,3,13H2,1-2H3,(H2,23,24,26,29). The smallest absolute Gasteiger partial charge is 0.257 e. The topological polar surface area (TPSA) is 83.7 Å². The van der Waals surface area contributed by atoms with Gasteiger partial charge in [0, 0.05) is 11.1 Å². The van der Waals surface area contributed by atoms with E-state index in [0.29, 0.717) is 28.5 Å². The van der Waals surface area contributed by atoms with Crippen LogP contribution in [0.25, 0.3) is 11.3 Å². The zero-order valence-corrected chi connectivity index (χ0v) is 17.0. The third kappa shape index (κ3) is 5.01. The van der Waals surface area contributed by atoms with Gasteiger partial charge in [-0.05, 0) is 66.7 Å². The number of aliphatic hydroxyl groups is 1. The predicted octanol–water partition coefficient (Wildman–Crippen LogP) is 4.14. The fraction of sp³-hybridized carbons (Fsp3) is 0.182. The molecule has 150 valence electrons. The second-order valence-corrected chi connectivity index (χ2v) is 6.71. The minimum absolute atomic E-state index is 0.153. The molecule has 0 radical (unpaired) electrons. The van der Waals surface area contributed by atoms with Crippen molar-refractivity contribution < 1.29 is 19.1 Å². The molecule has 0 aliphatic carbocycles. The van der Waals surface area contributed by atoms with Crippen LogP contribution in [0.2, 0.25) is 0 Å². The van der Waals surface area contributed by atoms with Crippen LogP contribution in [-0.2, 0) is 13.0 Å². The zero-order chi connectivity index (χ0) is 20.8. The Kier molecular flexibility index (Phi) is 6.64. The van der Waals surface area contributed by atoms with E-state index in [0.717, 1.165) is 17.5 Å². The first-order chi connectivity index (χ1) is 14.0. The van der Waals surface area contributed by atoms with E-state index in [-0.39, 0.29) is 17.6 Å². The highest BCUT2D eigenvalue weighted by molar-refractivity contribution is 7.80. The van der Waals surface area contributed by atoms with Crippen LogP contribution in [0.15, 0.2) is 59.0 Å². The number of aryl methyl sites for hydroxylation is 1. The Bertz CT molecular complexity index is 1010. The number of furan rings is 1. The van der Waals surface area contributed by atoms with E-state index >= 15 is 0 Å². The lowest BCUT2D eigenvalue weighted by atomic mass is 10.1. The van der Waals surface area contributed by atoms with Crippen molar-refractivity contribution in [2.45, 2.75) is 20.0 Å². The molecule has 1 amide bonds. The van der Waals surface area contributed by atoms with E-state index < -0.39 is 0 Å². The highest BCUT2D eigenvalue weighted by Gasteiger charge is 2.12. The molecule has 3 aromatic rings. The Morgan fingerprint density at radius 3 is 2.52 bits per heavy atom. The molecule has 3 N–H and O–H groups in total. The molecule has 7 heteroatoms. The molecule has 0 bridgehead atoms. The number of hydrogen-bond donors (Lipinski definition) is 3. The van der Waals surface area contributed by atoms with E-state index in [2.05, 4.69) is 17.6 Å². The second kappa shape index (κ2) is 9.36. The van der Waals surface area contributed by atoms with Gasteiger partial charge in [-0.3, -0.25) is 10.1 Å². The minimum Gasteiger partial charge on any atom is -0.495 e. The average molecular weight is 410 g/mol. The van der Waals surface area contributed by atoms with E-state index in [9.17, 15) is 9.90 Å². The fourth-order valence-corrected chi connectivity index (χ4v) is 3.00. The van der Waals surface area contributed by atoms with Crippen molar-refractivity contribution in [2.24, 2.45) is 0 Å². The summed E-state index contributed by atoms with van der Waals surface area (Å²) in [5.41, 5.74) is 3.04. The summed E-state index contributed by atoms with van der Waals surface area (Å²) in [6.45, 7) is 1.89. The number of thiocarbonyl (C=S) groups is 1. The van der Waals surface area contributed by atoms with E-state index in [1.54, 1.807) is 43.5 Å². The third-order valence-electron chi connectivity index (χ3n) is 4.40. The minimum atomic E-state index is -0.293. The number of carbonyl (C=O) groups is 1. The van der Waals surface area contributed by atoms with E-state index in [1.807, 2.05) is 18.2 Å². The van der Waals surface area contributed by atoms with Crippen molar-refractivity contribution in [1.82, 2.24) is 5.32 Å². The lowest BCUT2D eigenvalue weighted by molar-refractivity contribution is 0.0977. The van der Waals surface area contributed by atoms with Crippen molar-refractivity contribution in [2.75, 3.05) is 12.4 Å². The highest BCUT2D eigenvalue weighted by Crippen LogP contribution is 2.31. The first kappa shape index (κ1) is 20.6. The molecule has 0 aliphatic heterocycles. The molecule has 29 heavy (non-hydrogen) atoms. The number of carbonyl (C=O) groups excluding carboxylic acids is 1. The molecule has 2 aromatic carbocycles. The first-order valence-electron chi connectivity index (χ1n) is 9.13. The molecule has 1 heterocycles. The molecule has 0 atom stereocenters. The largest absolute Gasteiger partial charge is 0.495 e. The van der Waals surface area contributed by atoms with Gasteiger partial charge in [-0.25, -0.2) is 0 Å². The SMILES string of the molecule is CCc1ccc(C(=O)NC(=S)Nc2cc(-c3ccc(CO)o3)ccc2OC)cc1. The van der Waals surface area contributed by atoms with Gasteiger partial charge in [0.05, 0.1) is 12.8 Å². The summed E-state index contributed by atoms with van der Waals surface area (Å²) in [5, 5.41) is 15.0. The van der Waals surface area contributed by atoms with Crippen LogP contribution in [0.4, 0.5) is 5.69 Å². The van der Waals surface area contributed by atoms with Crippen LogP contribution in [0.5, 0.6) is 5.75 Å². The summed E-state index contributed by atoms with van der Waals surface area (Å²) < 4.78 is 10.9. The monoisotopic (exact) mass is 410 g/mol. The van der Waals surface area contributed by atoms with Crippen LogP contribution >= 0.6 is 12.2 Å². The van der Waals surface area contributed by atoms with E-state index in [1.165, 1.54) is 0 Å². The number of nitrogens with one attached hydrogen (secondary N) is 2. The van der Waals surface area contributed by atoms with Crippen LogP contribution in [0, 0.1) is 0 Å². The number of anilines is 1. The molecule has 0 aliphatic rings. The number of aliphatic hydroxyl groups excluding tert-OH is 1. The Hall–Kier alpha value is -3.16. The van der Waals surface area contributed by atoms with Crippen LogP contribution in [0.3, 0.4) is 0 Å². The second-order valence-electron chi connectivity index (χ2n) is 6.30. The Morgan fingerprint density at radius 2 is 1.90 bits per heavy atom. The predicted molar refractivity (Wildman–Crippen MR) is 116 cm³/mol. The molecule has 0 spiro atoms. The molecule has 6 nitrogen and oxygen atoms in total. The van der Waals surface area contributed by atoms with Gasteiger partial charge in [-0.15, -0.1) is 0 Å². The normalized spacial score (nSPS) is 10.4. The van der Waals surface area contributed by atoms with Gasteiger partial charge in [-0.1, -0.05) is 19.1 Å². The summed E-state index contributed by atoms with van der Waals surface area (Å²) in [5.74, 6) is 1.35. The van der Waals surface area contributed by atoms with Gasteiger partial charge in [0.25, 0.3) is 5.91 Å². The fourth-order valence-electron chi connectivity index (χ4n) is 2.80. The summed E-state index contributed by atoms with van der Waals surface area (Å²) in [6, 6.07) is 16.3. The maximum Gasteiger partial charge on any atom is 0.257 e. The lowest BCUT2D eigenvalue weighted by Gasteiger charge is -2.14. The maximum atomic E-state index is 12.4. The van der Waals surface area contributed by atoms with Gasteiger partial charge < -0.3 is 19.6 Å². The maximum absolute atomic E-state index is 12.4. The average Bonchev–Trinajstić information content (AvgIpc) is 3.23. The molecule has 3 rings (SSSR count). The summed E-state index contributed by atoms with van der Waals surface area (Å²) in [6.07, 6.45) is 0.910. The van der Waals surface area contributed by atoms with Crippen LogP contribution in [0.1, 0.15) is 28.6 Å². The Balaban J connectivity index is 1.74. The molecule has 0 unspecified atom stereocenters. The van der Waals surface area contributed by atoms with Crippen LogP contribution < -0.4 is 15.4 Å². The van der Waals surface area contributed by atoms with Gasteiger partial charge in [0.2, 0.25) is 0 Å². The number of amides is 1.